The molecule has 0 spiro atoms. The van der Waals surface area contributed by atoms with E-state index in [9.17, 15) is 0 Å². The molecule has 2 N–H and O–H groups in total. The van der Waals surface area contributed by atoms with Gasteiger partial charge in [-0.05, 0) is 6.42 Å². The van der Waals surface area contributed by atoms with Gasteiger partial charge < -0.3 is 10.0 Å². The van der Waals surface area contributed by atoms with Crippen LogP contribution in [0.3, 0.4) is 0 Å². The first-order valence-corrected chi connectivity index (χ1v) is 8.18. The topological polar surface area (TPSA) is 35.5 Å². The summed E-state index contributed by atoms with van der Waals surface area (Å²) in [5.74, 6) is 0. The van der Waals surface area contributed by atoms with Gasteiger partial charge in [0.2, 0.25) is 0 Å². The molecule has 112 valence electrons. The molecular weight excluding hydrogens is 236 g/mol. The average molecular weight is 268 g/mol. The van der Waals surface area contributed by atoms with Crippen LogP contribution in [0.1, 0.15) is 71.1 Å². The number of nitrogens with zero attached hydrogens (tertiary/aromatic N) is 1. The standard InChI is InChI=1S/C16H32N2O/c1-2-3-4-5-6-7-8-9-10-11-16-17-12-13-18(16)14-15-19/h14-17,19H,2-13H2,1H3. The van der Waals surface area contributed by atoms with Gasteiger partial charge in [-0.3, -0.25) is 5.32 Å². The lowest BCUT2D eigenvalue weighted by Gasteiger charge is -2.21. The minimum Gasteiger partial charge on any atom is -0.514 e. The van der Waals surface area contributed by atoms with Crippen LogP contribution in [-0.2, 0) is 0 Å². The van der Waals surface area contributed by atoms with Crippen molar-refractivity contribution >= 4 is 0 Å². The summed E-state index contributed by atoms with van der Waals surface area (Å²) in [6, 6.07) is 0. The van der Waals surface area contributed by atoms with Crippen LogP contribution < -0.4 is 5.32 Å². The third-order valence-corrected chi connectivity index (χ3v) is 3.99. The zero-order valence-corrected chi connectivity index (χ0v) is 12.6. The van der Waals surface area contributed by atoms with Crippen LogP contribution in [0.25, 0.3) is 0 Å². The van der Waals surface area contributed by atoms with E-state index in [4.69, 9.17) is 5.11 Å². The molecule has 1 aliphatic rings. The zero-order chi connectivity index (χ0) is 13.8. The number of hydrogen-bond donors (Lipinski definition) is 2. The molecular formula is C16H32N2O. The molecule has 0 saturated carbocycles. The summed E-state index contributed by atoms with van der Waals surface area (Å²) in [6.45, 7) is 4.32. The summed E-state index contributed by atoms with van der Waals surface area (Å²) in [6.07, 6.45) is 17.0. The molecule has 1 unspecified atom stereocenters. The summed E-state index contributed by atoms with van der Waals surface area (Å²) < 4.78 is 0. The van der Waals surface area contributed by atoms with Crippen molar-refractivity contribution in [2.45, 2.75) is 77.3 Å². The van der Waals surface area contributed by atoms with Crippen LogP contribution in [0, 0.1) is 0 Å². The molecule has 0 radical (unpaired) electrons. The first kappa shape index (κ1) is 16.4. The third-order valence-electron chi connectivity index (χ3n) is 3.99. The summed E-state index contributed by atoms with van der Waals surface area (Å²) in [4.78, 5) is 2.20. The molecule has 1 atom stereocenters. The molecule has 1 heterocycles. The summed E-state index contributed by atoms with van der Waals surface area (Å²) in [7, 11) is 0. The van der Waals surface area contributed by atoms with Crippen LogP contribution in [0.2, 0.25) is 0 Å². The fraction of sp³-hybridized carbons (Fsp3) is 0.875. The quantitative estimate of drug-likeness (QED) is 0.436. The predicted octanol–water partition coefficient (Wildman–Crippen LogP) is 4.17. The number of unbranched alkanes of at least 4 members (excludes halogenated alkanes) is 8. The normalized spacial score (nSPS) is 19.6. The van der Waals surface area contributed by atoms with Crippen molar-refractivity contribution in [1.29, 1.82) is 0 Å². The maximum absolute atomic E-state index is 8.82. The number of rotatable bonds is 11. The van der Waals surface area contributed by atoms with E-state index in [0.29, 0.717) is 6.17 Å². The van der Waals surface area contributed by atoms with Gasteiger partial charge in [0, 0.05) is 19.3 Å². The van der Waals surface area contributed by atoms with E-state index in [-0.39, 0.29) is 0 Å². The molecule has 0 aromatic rings. The lowest BCUT2D eigenvalue weighted by Crippen LogP contribution is -2.31. The summed E-state index contributed by atoms with van der Waals surface area (Å²) in [5, 5.41) is 12.3. The fourth-order valence-electron chi connectivity index (χ4n) is 2.81. The van der Waals surface area contributed by atoms with Gasteiger partial charge >= 0.3 is 0 Å². The Labute approximate surface area is 119 Å². The van der Waals surface area contributed by atoms with Gasteiger partial charge in [0.1, 0.15) is 0 Å². The maximum atomic E-state index is 8.82. The Morgan fingerprint density at radius 2 is 1.68 bits per heavy atom. The maximum Gasteiger partial charge on any atom is 0.0950 e. The molecule has 1 aliphatic heterocycles. The van der Waals surface area contributed by atoms with Crippen LogP contribution in [0.4, 0.5) is 0 Å². The SMILES string of the molecule is CCCCCCCCCCCC1NCCN1C=CO. The monoisotopic (exact) mass is 268 g/mol. The molecule has 0 aromatic carbocycles. The smallest absolute Gasteiger partial charge is 0.0950 e. The highest BCUT2D eigenvalue weighted by Crippen LogP contribution is 2.14. The van der Waals surface area contributed by atoms with E-state index in [1.54, 1.807) is 6.20 Å². The molecule has 1 saturated heterocycles. The Kier molecular flexibility index (Phi) is 9.60. The second kappa shape index (κ2) is 11.2. The third kappa shape index (κ3) is 7.46. The Balaban J connectivity index is 1.90. The second-order valence-electron chi connectivity index (χ2n) is 5.62. The van der Waals surface area contributed by atoms with E-state index in [0.717, 1.165) is 19.4 Å². The molecule has 0 bridgehead atoms. The van der Waals surface area contributed by atoms with Crippen LogP contribution in [-0.4, -0.2) is 29.3 Å². The van der Waals surface area contributed by atoms with Crippen molar-refractivity contribution in [3.8, 4) is 0 Å². The van der Waals surface area contributed by atoms with Crippen molar-refractivity contribution < 1.29 is 5.11 Å². The molecule has 0 aliphatic carbocycles. The van der Waals surface area contributed by atoms with Crippen LogP contribution in [0.5, 0.6) is 0 Å². The van der Waals surface area contributed by atoms with Gasteiger partial charge in [0.05, 0.1) is 12.4 Å². The highest BCUT2D eigenvalue weighted by molar-refractivity contribution is 4.86. The molecule has 1 rings (SSSR count). The molecule has 1 fully saturated rings. The Hall–Kier alpha value is -0.700. The van der Waals surface area contributed by atoms with Crippen molar-refractivity contribution in [3.63, 3.8) is 0 Å². The summed E-state index contributed by atoms with van der Waals surface area (Å²) in [5.41, 5.74) is 0. The van der Waals surface area contributed by atoms with Gasteiger partial charge in [0.15, 0.2) is 0 Å². The predicted molar refractivity (Wildman–Crippen MR) is 82.1 cm³/mol. The average Bonchev–Trinajstić information content (AvgIpc) is 2.85. The van der Waals surface area contributed by atoms with Crippen LogP contribution in [0.15, 0.2) is 12.5 Å². The fourth-order valence-corrected chi connectivity index (χ4v) is 2.81. The highest BCUT2D eigenvalue weighted by Gasteiger charge is 2.19. The Morgan fingerprint density at radius 3 is 2.32 bits per heavy atom. The number of aliphatic hydroxyl groups excluding tert-OH is 1. The lowest BCUT2D eigenvalue weighted by molar-refractivity contribution is 0.295. The van der Waals surface area contributed by atoms with Crippen molar-refractivity contribution in [3.05, 3.63) is 12.5 Å². The molecule has 0 aromatic heterocycles. The van der Waals surface area contributed by atoms with E-state index < -0.39 is 0 Å². The minimum absolute atomic E-state index is 0.438. The largest absolute Gasteiger partial charge is 0.514 e. The van der Waals surface area contributed by atoms with Crippen LogP contribution >= 0.6 is 0 Å². The molecule has 3 nitrogen and oxygen atoms in total. The second-order valence-corrected chi connectivity index (χ2v) is 5.62. The first-order valence-electron chi connectivity index (χ1n) is 8.18. The van der Waals surface area contributed by atoms with E-state index in [1.165, 1.54) is 64.2 Å². The zero-order valence-electron chi connectivity index (χ0n) is 12.6. The van der Waals surface area contributed by atoms with Gasteiger partial charge in [-0.25, -0.2) is 0 Å². The number of nitrogens with one attached hydrogen (secondary N) is 1. The molecule has 19 heavy (non-hydrogen) atoms. The van der Waals surface area contributed by atoms with Crippen molar-refractivity contribution in [1.82, 2.24) is 10.2 Å². The van der Waals surface area contributed by atoms with Gasteiger partial charge in [0.25, 0.3) is 0 Å². The van der Waals surface area contributed by atoms with Crippen molar-refractivity contribution in [2.75, 3.05) is 13.1 Å². The molecule has 3 heteroatoms. The Bertz CT molecular complexity index is 231. The lowest BCUT2D eigenvalue weighted by atomic mass is 10.1. The number of aliphatic hydroxyl groups is 1. The first-order chi connectivity index (χ1) is 9.38. The Morgan fingerprint density at radius 1 is 1.05 bits per heavy atom. The van der Waals surface area contributed by atoms with Gasteiger partial charge in [-0.15, -0.1) is 0 Å². The van der Waals surface area contributed by atoms with E-state index >= 15 is 0 Å². The van der Waals surface area contributed by atoms with E-state index in [1.807, 2.05) is 0 Å². The number of hydrogen-bond acceptors (Lipinski definition) is 3. The van der Waals surface area contributed by atoms with Gasteiger partial charge in [-0.1, -0.05) is 64.7 Å². The summed E-state index contributed by atoms with van der Waals surface area (Å²) >= 11 is 0. The highest BCUT2D eigenvalue weighted by atomic mass is 16.2. The minimum atomic E-state index is 0.438. The molecule has 0 amide bonds. The van der Waals surface area contributed by atoms with Gasteiger partial charge in [-0.2, -0.15) is 0 Å². The van der Waals surface area contributed by atoms with E-state index in [2.05, 4.69) is 17.1 Å². The van der Waals surface area contributed by atoms with Crippen molar-refractivity contribution in [2.24, 2.45) is 0 Å².